The van der Waals surface area contributed by atoms with Crippen LogP contribution in [0, 0.1) is 5.92 Å². The summed E-state index contributed by atoms with van der Waals surface area (Å²) in [4.78, 5) is 10.8. The third-order valence-corrected chi connectivity index (χ3v) is 9.44. The van der Waals surface area contributed by atoms with Crippen molar-refractivity contribution in [2.45, 2.75) is 83.6 Å². The molecule has 9 nitrogen and oxygen atoms in total. The Hall–Kier alpha value is -3.34. The third kappa shape index (κ3) is 6.05. The van der Waals surface area contributed by atoms with Crippen LogP contribution in [0.5, 0.6) is 5.75 Å². The summed E-state index contributed by atoms with van der Waals surface area (Å²) in [5, 5.41) is 17.0. The number of amides is 1. The smallest absolute Gasteiger partial charge is 0.491 e. The van der Waals surface area contributed by atoms with Gasteiger partial charge in [0.25, 0.3) is 0 Å². The average molecular weight is 588 g/mol. The quantitative estimate of drug-likeness (QED) is 0.214. The van der Waals surface area contributed by atoms with Crippen molar-refractivity contribution in [2.24, 2.45) is 5.92 Å². The summed E-state index contributed by atoms with van der Waals surface area (Å²) in [5.41, 5.74) is 4.60. The minimum atomic E-state index is -1.06. The number of nitrogens with one attached hydrogen (secondary N) is 1. The summed E-state index contributed by atoms with van der Waals surface area (Å²) in [6.45, 7) is 9.64. The molecule has 2 saturated heterocycles. The van der Waals surface area contributed by atoms with Crippen LogP contribution in [0.15, 0.2) is 54.1 Å². The van der Waals surface area contributed by atoms with Gasteiger partial charge < -0.3 is 29.2 Å². The molecular formula is C33H42BN3O6. The van der Waals surface area contributed by atoms with Crippen LogP contribution in [-0.4, -0.2) is 59.1 Å². The van der Waals surface area contributed by atoms with Gasteiger partial charge in [-0.2, -0.15) is 5.10 Å². The Bertz CT molecular complexity index is 1470. The van der Waals surface area contributed by atoms with Gasteiger partial charge in [-0.25, -0.2) is 9.48 Å². The van der Waals surface area contributed by atoms with Gasteiger partial charge in [0.15, 0.2) is 6.23 Å². The van der Waals surface area contributed by atoms with Crippen molar-refractivity contribution in [1.82, 2.24) is 15.1 Å². The minimum Gasteiger partial charge on any atom is -0.492 e. The molecule has 3 fully saturated rings. The summed E-state index contributed by atoms with van der Waals surface area (Å²) in [6.07, 6.45) is 7.44. The molecule has 1 amide bonds. The van der Waals surface area contributed by atoms with E-state index in [-0.39, 0.29) is 19.4 Å². The van der Waals surface area contributed by atoms with Gasteiger partial charge in [-0.3, -0.25) is 0 Å². The van der Waals surface area contributed by atoms with Gasteiger partial charge in [-0.1, -0.05) is 24.6 Å². The lowest BCUT2D eigenvalue weighted by Gasteiger charge is -2.32. The molecule has 1 unspecified atom stereocenters. The number of ether oxygens (including phenoxy) is 2. The molecule has 2 aromatic carbocycles. The maximum atomic E-state index is 10.8. The van der Waals surface area contributed by atoms with E-state index in [0.717, 1.165) is 66.3 Å². The molecule has 0 radical (unpaired) electrons. The van der Waals surface area contributed by atoms with Crippen LogP contribution in [0.3, 0.4) is 0 Å². The van der Waals surface area contributed by atoms with E-state index in [2.05, 4.69) is 63.3 Å². The third-order valence-electron chi connectivity index (χ3n) is 9.44. The number of fused-ring (bicyclic) bond motifs is 1. The first-order valence-electron chi connectivity index (χ1n) is 15.5. The Labute approximate surface area is 253 Å². The second-order valence-corrected chi connectivity index (χ2v) is 12.8. The van der Waals surface area contributed by atoms with Crippen LogP contribution < -0.4 is 10.1 Å². The number of aromatic nitrogens is 2. The van der Waals surface area contributed by atoms with E-state index >= 15 is 0 Å². The fourth-order valence-corrected chi connectivity index (χ4v) is 6.10. The fraction of sp³-hybridized carbons (Fsp3) is 0.515. The van der Waals surface area contributed by atoms with Crippen molar-refractivity contribution < 1.29 is 28.7 Å². The molecule has 1 saturated carbocycles. The predicted octanol–water partition coefficient (Wildman–Crippen LogP) is 6.62. The average Bonchev–Trinajstić information content (AvgIpc) is 3.47. The Morgan fingerprint density at radius 1 is 1.02 bits per heavy atom. The van der Waals surface area contributed by atoms with Crippen molar-refractivity contribution in [3.05, 3.63) is 65.3 Å². The summed E-state index contributed by atoms with van der Waals surface area (Å²) in [6, 6.07) is 14.6. The zero-order valence-corrected chi connectivity index (χ0v) is 25.6. The second-order valence-electron chi connectivity index (χ2n) is 12.8. The van der Waals surface area contributed by atoms with Crippen LogP contribution in [0.2, 0.25) is 0 Å². The standard InChI is InChI=1S/C33H42BN3O6/c1-32(2)33(3,4)43-34(42-32)30(23-8-7-9-23)29(22-11-14-26(15-12-22)40-19-17-35-31(38)39)24-13-16-27-25(20-24)21-36-37(27)28-10-5-6-18-41-28/h11-16,20-21,23,28,35H,5-10,17-19H2,1-4H3,(H,38,39). The van der Waals surface area contributed by atoms with E-state index in [4.69, 9.17) is 29.0 Å². The highest BCUT2D eigenvalue weighted by atomic mass is 16.7. The van der Waals surface area contributed by atoms with E-state index in [1.165, 1.54) is 11.9 Å². The number of allylic oxidation sites excluding steroid dienone is 1. The van der Waals surface area contributed by atoms with Crippen molar-refractivity contribution in [1.29, 1.82) is 0 Å². The van der Waals surface area contributed by atoms with Gasteiger partial charge in [0, 0.05) is 12.0 Å². The molecule has 3 aromatic rings. The Balaban J connectivity index is 1.41. The Kier molecular flexibility index (Phi) is 8.28. The fourth-order valence-electron chi connectivity index (χ4n) is 6.10. The van der Waals surface area contributed by atoms with E-state index in [0.29, 0.717) is 11.7 Å². The van der Waals surface area contributed by atoms with Crippen LogP contribution in [-0.2, 0) is 14.0 Å². The molecular weight excluding hydrogens is 545 g/mol. The molecule has 1 atom stereocenters. The highest BCUT2D eigenvalue weighted by Gasteiger charge is 2.54. The molecule has 2 aliphatic heterocycles. The molecule has 43 heavy (non-hydrogen) atoms. The number of nitrogens with zero attached hydrogens (tertiary/aromatic N) is 2. The highest BCUT2D eigenvalue weighted by Crippen LogP contribution is 2.47. The zero-order chi connectivity index (χ0) is 30.2. The van der Waals surface area contributed by atoms with Gasteiger partial charge in [0.1, 0.15) is 12.4 Å². The van der Waals surface area contributed by atoms with Crippen molar-refractivity contribution in [3.63, 3.8) is 0 Å². The molecule has 1 aromatic heterocycles. The van der Waals surface area contributed by atoms with Crippen LogP contribution >= 0.6 is 0 Å². The van der Waals surface area contributed by atoms with Gasteiger partial charge >= 0.3 is 13.2 Å². The molecule has 3 heterocycles. The first-order valence-corrected chi connectivity index (χ1v) is 15.5. The Morgan fingerprint density at radius 2 is 1.74 bits per heavy atom. The molecule has 10 heteroatoms. The van der Waals surface area contributed by atoms with Crippen molar-refractivity contribution >= 4 is 29.7 Å². The van der Waals surface area contributed by atoms with Crippen LogP contribution in [0.1, 0.15) is 83.6 Å². The van der Waals surface area contributed by atoms with E-state index in [9.17, 15) is 4.79 Å². The maximum Gasteiger partial charge on any atom is 0.491 e. The Morgan fingerprint density at radius 3 is 2.37 bits per heavy atom. The lowest BCUT2D eigenvalue weighted by molar-refractivity contribution is -0.0366. The van der Waals surface area contributed by atoms with Gasteiger partial charge in [-0.15, -0.1) is 0 Å². The maximum absolute atomic E-state index is 10.8. The summed E-state index contributed by atoms with van der Waals surface area (Å²) < 4.78 is 27.3. The molecule has 0 bridgehead atoms. The second kappa shape index (κ2) is 12.0. The van der Waals surface area contributed by atoms with Gasteiger partial charge in [-0.05, 0) is 112 Å². The highest BCUT2D eigenvalue weighted by molar-refractivity contribution is 6.56. The number of carbonyl (C=O) groups is 1. The summed E-state index contributed by atoms with van der Waals surface area (Å²) in [5.74, 6) is 1.04. The van der Waals surface area contributed by atoms with Crippen molar-refractivity contribution in [2.75, 3.05) is 19.8 Å². The van der Waals surface area contributed by atoms with Crippen molar-refractivity contribution in [3.8, 4) is 5.75 Å². The zero-order valence-electron chi connectivity index (χ0n) is 25.6. The molecule has 228 valence electrons. The lowest BCUT2D eigenvalue weighted by Crippen LogP contribution is -2.41. The van der Waals surface area contributed by atoms with Gasteiger partial charge in [0.05, 0.1) is 29.5 Å². The van der Waals surface area contributed by atoms with E-state index < -0.39 is 24.4 Å². The van der Waals surface area contributed by atoms with E-state index in [1.807, 2.05) is 23.0 Å². The van der Waals surface area contributed by atoms with Crippen LogP contribution in [0.25, 0.3) is 16.5 Å². The molecule has 2 N–H and O–H groups in total. The summed E-state index contributed by atoms with van der Waals surface area (Å²) >= 11 is 0. The monoisotopic (exact) mass is 587 g/mol. The number of rotatable bonds is 9. The largest absolute Gasteiger partial charge is 0.492 e. The predicted molar refractivity (Wildman–Crippen MR) is 166 cm³/mol. The first kappa shape index (κ1) is 29.7. The first-order chi connectivity index (χ1) is 20.6. The topological polar surface area (TPSA) is 104 Å². The molecule has 0 spiro atoms. The molecule has 3 aliphatic rings. The summed E-state index contributed by atoms with van der Waals surface area (Å²) in [7, 11) is -0.461. The number of benzene rings is 2. The van der Waals surface area contributed by atoms with Gasteiger partial charge in [0.2, 0.25) is 0 Å². The normalized spacial score (nSPS) is 22.2. The molecule has 6 rings (SSSR count). The lowest BCUT2D eigenvalue weighted by atomic mass is 9.60. The SMILES string of the molecule is CC1(C)OB(C(=C(c2ccc(OCCNC(=O)O)cc2)c2ccc3c(cnn3C3CCCCO3)c2)C2CCC2)OC1(C)C. The van der Waals surface area contributed by atoms with Crippen LogP contribution in [0.4, 0.5) is 4.79 Å². The number of carboxylic acid groups (broad SMARTS) is 1. The minimum absolute atomic E-state index is 0.0272. The molecule has 1 aliphatic carbocycles. The van der Waals surface area contributed by atoms with E-state index in [1.54, 1.807) is 0 Å². The number of hydrogen-bond donors (Lipinski definition) is 2. The number of hydrogen-bond acceptors (Lipinski definition) is 6.